The fourth-order valence-corrected chi connectivity index (χ4v) is 3.84. The third kappa shape index (κ3) is 3.56. The minimum absolute atomic E-state index is 0.0151. The Hall–Kier alpha value is -0.0900. The first-order chi connectivity index (χ1) is 9.47. The van der Waals surface area contributed by atoms with Crippen molar-refractivity contribution < 1.29 is 4.74 Å². The lowest BCUT2D eigenvalue weighted by Gasteiger charge is -2.42. The molecule has 0 radical (unpaired) electrons. The number of methoxy groups -OCH3 is 1. The Kier molecular flexibility index (Phi) is 5.52. The van der Waals surface area contributed by atoms with Crippen molar-refractivity contribution in [1.29, 1.82) is 0 Å². The molecule has 1 unspecified atom stereocenters. The Bertz CT molecular complexity index is 458. The van der Waals surface area contributed by atoms with Gasteiger partial charge in [0.05, 0.1) is 5.60 Å². The third-order valence-electron chi connectivity index (χ3n) is 4.66. The predicted octanol–water partition coefficient (Wildman–Crippen LogP) is 4.57. The van der Waals surface area contributed by atoms with E-state index < -0.39 is 0 Å². The fraction of sp³-hybridized carbons (Fsp3) is 0.625. The van der Waals surface area contributed by atoms with Gasteiger partial charge in [-0.25, -0.2) is 0 Å². The largest absolute Gasteiger partial charge is 0.377 e. The van der Waals surface area contributed by atoms with Gasteiger partial charge in [0.1, 0.15) is 0 Å². The number of hydrogen-bond donors (Lipinski definition) is 1. The van der Waals surface area contributed by atoms with E-state index in [9.17, 15) is 0 Å². The van der Waals surface area contributed by atoms with Gasteiger partial charge in [-0.05, 0) is 55.7 Å². The van der Waals surface area contributed by atoms with Crippen LogP contribution in [0.15, 0.2) is 22.7 Å². The molecule has 1 saturated carbocycles. The third-order valence-corrected chi connectivity index (χ3v) is 5.50. The molecule has 1 aromatic carbocycles. The van der Waals surface area contributed by atoms with Gasteiger partial charge in [0.2, 0.25) is 0 Å². The van der Waals surface area contributed by atoms with Gasteiger partial charge in [-0.1, -0.05) is 40.5 Å². The van der Waals surface area contributed by atoms with Crippen LogP contribution in [0.2, 0.25) is 5.02 Å². The lowest BCUT2D eigenvalue weighted by molar-refractivity contribution is -0.0659. The van der Waals surface area contributed by atoms with Crippen LogP contribution in [0.3, 0.4) is 0 Å². The Balaban J connectivity index is 2.11. The van der Waals surface area contributed by atoms with Crippen molar-refractivity contribution >= 4 is 27.5 Å². The van der Waals surface area contributed by atoms with Gasteiger partial charge < -0.3 is 10.5 Å². The van der Waals surface area contributed by atoms with Crippen molar-refractivity contribution in [2.75, 3.05) is 7.11 Å². The van der Waals surface area contributed by atoms with Crippen LogP contribution in [0.5, 0.6) is 0 Å². The van der Waals surface area contributed by atoms with E-state index in [4.69, 9.17) is 22.1 Å². The van der Waals surface area contributed by atoms with E-state index >= 15 is 0 Å². The topological polar surface area (TPSA) is 35.2 Å². The zero-order valence-electron chi connectivity index (χ0n) is 12.2. The fourth-order valence-electron chi connectivity index (χ4n) is 3.09. The van der Waals surface area contributed by atoms with Gasteiger partial charge in [-0.3, -0.25) is 0 Å². The van der Waals surface area contributed by atoms with E-state index in [0.29, 0.717) is 0 Å². The lowest BCUT2D eigenvalue weighted by Crippen LogP contribution is -2.52. The minimum atomic E-state index is -0.192. The second-order valence-corrected chi connectivity index (χ2v) is 7.32. The molecule has 1 atom stereocenters. The Morgan fingerprint density at radius 3 is 2.65 bits per heavy atom. The number of rotatable bonds is 4. The van der Waals surface area contributed by atoms with Crippen LogP contribution < -0.4 is 5.73 Å². The summed E-state index contributed by atoms with van der Waals surface area (Å²) in [5.41, 5.74) is 7.39. The van der Waals surface area contributed by atoms with Crippen LogP contribution in [0.1, 0.15) is 38.2 Å². The molecule has 1 aromatic rings. The highest BCUT2D eigenvalue weighted by molar-refractivity contribution is 9.10. The highest BCUT2D eigenvalue weighted by Gasteiger charge is 2.39. The first kappa shape index (κ1) is 16.3. The maximum atomic E-state index is 6.48. The quantitative estimate of drug-likeness (QED) is 0.853. The van der Waals surface area contributed by atoms with Crippen LogP contribution in [0.25, 0.3) is 0 Å². The minimum Gasteiger partial charge on any atom is -0.377 e. The summed E-state index contributed by atoms with van der Waals surface area (Å²) in [6.07, 6.45) is 5.22. The van der Waals surface area contributed by atoms with Crippen LogP contribution in [0.4, 0.5) is 0 Å². The van der Waals surface area contributed by atoms with Gasteiger partial charge in [0, 0.05) is 22.6 Å². The van der Waals surface area contributed by atoms with Crippen LogP contribution in [-0.4, -0.2) is 18.8 Å². The van der Waals surface area contributed by atoms with Gasteiger partial charge >= 0.3 is 0 Å². The zero-order chi connectivity index (χ0) is 14.8. The molecule has 0 aliphatic heterocycles. The molecular formula is C16H23BrClNO. The normalized spacial score (nSPS) is 28.4. The average molecular weight is 361 g/mol. The number of hydrogen-bond acceptors (Lipinski definition) is 2. The number of nitrogens with two attached hydrogens (primary N) is 1. The number of ether oxygens (including phenoxy) is 1. The van der Waals surface area contributed by atoms with Gasteiger partial charge in [-0.2, -0.15) is 0 Å². The maximum Gasteiger partial charge on any atom is 0.0832 e. The molecule has 112 valence electrons. The number of benzene rings is 1. The summed E-state index contributed by atoms with van der Waals surface area (Å²) in [4.78, 5) is 0. The molecule has 0 aromatic heterocycles. The smallest absolute Gasteiger partial charge is 0.0832 e. The molecule has 0 heterocycles. The average Bonchev–Trinajstić information content (AvgIpc) is 2.43. The Labute approximate surface area is 135 Å². The van der Waals surface area contributed by atoms with E-state index in [2.05, 4.69) is 22.9 Å². The Morgan fingerprint density at radius 1 is 1.45 bits per heavy atom. The van der Waals surface area contributed by atoms with E-state index in [1.165, 1.54) is 12.8 Å². The van der Waals surface area contributed by atoms with Crippen molar-refractivity contribution in [2.24, 2.45) is 11.7 Å². The molecule has 2 nitrogen and oxygen atoms in total. The monoisotopic (exact) mass is 359 g/mol. The molecule has 0 saturated heterocycles. The summed E-state index contributed by atoms with van der Waals surface area (Å²) in [5, 5.41) is 0.769. The number of halogens is 2. The summed E-state index contributed by atoms with van der Waals surface area (Å²) in [6.45, 7) is 2.30. The molecule has 0 bridgehead atoms. The van der Waals surface area contributed by atoms with E-state index in [1.54, 1.807) is 7.11 Å². The molecule has 2 N–H and O–H groups in total. The van der Waals surface area contributed by atoms with Gasteiger partial charge in [0.15, 0.2) is 0 Å². The standard InChI is InChI=1S/C16H23BrClNO/c1-11-5-7-16(20-2,8-6-11)15(19)9-12-3-4-13(17)10-14(12)18/h3-4,10-11,15H,5-9,19H2,1-2H3. The molecule has 20 heavy (non-hydrogen) atoms. The maximum absolute atomic E-state index is 6.48. The van der Waals surface area contributed by atoms with Crippen molar-refractivity contribution in [3.63, 3.8) is 0 Å². The summed E-state index contributed by atoms with van der Waals surface area (Å²) >= 11 is 9.73. The molecule has 1 aliphatic rings. The van der Waals surface area contributed by atoms with Crippen molar-refractivity contribution in [3.8, 4) is 0 Å². The Morgan fingerprint density at radius 2 is 2.10 bits per heavy atom. The molecule has 2 rings (SSSR count). The van der Waals surface area contributed by atoms with Crippen molar-refractivity contribution in [1.82, 2.24) is 0 Å². The van der Waals surface area contributed by atoms with E-state index in [1.807, 2.05) is 18.2 Å². The first-order valence-electron chi connectivity index (χ1n) is 7.21. The summed E-state index contributed by atoms with van der Waals surface area (Å²) in [6, 6.07) is 5.96. The first-order valence-corrected chi connectivity index (χ1v) is 8.38. The molecule has 1 aliphatic carbocycles. The molecule has 0 amide bonds. The molecule has 1 fully saturated rings. The SMILES string of the molecule is COC1(C(N)Cc2ccc(Br)cc2Cl)CCC(C)CC1. The summed E-state index contributed by atoms with van der Waals surface area (Å²) in [7, 11) is 1.79. The molecule has 4 heteroatoms. The molecular weight excluding hydrogens is 338 g/mol. The van der Waals surface area contributed by atoms with E-state index in [-0.39, 0.29) is 11.6 Å². The lowest BCUT2D eigenvalue weighted by atomic mass is 9.74. The van der Waals surface area contributed by atoms with E-state index in [0.717, 1.165) is 40.2 Å². The predicted molar refractivity (Wildman–Crippen MR) is 88.2 cm³/mol. The highest BCUT2D eigenvalue weighted by Crippen LogP contribution is 2.37. The van der Waals surface area contributed by atoms with Gasteiger partial charge in [-0.15, -0.1) is 0 Å². The second kappa shape index (κ2) is 6.78. The highest BCUT2D eigenvalue weighted by atomic mass is 79.9. The zero-order valence-corrected chi connectivity index (χ0v) is 14.5. The summed E-state index contributed by atoms with van der Waals surface area (Å²) in [5.74, 6) is 0.779. The van der Waals surface area contributed by atoms with Crippen molar-refractivity contribution in [2.45, 2.75) is 50.7 Å². The van der Waals surface area contributed by atoms with Crippen LogP contribution in [-0.2, 0) is 11.2 Å². The van der Waals surface area contributed by atoms with Crippen LogP contribution in [0, 0.1) is 5.92 Å². The van der Waals surface area contributed by atoms with Gasteiger partial charge in [0.25, 0.3) is 0 Å². The summed E-state index contributed by atoms with van der Waals surface area (Å²) < 4.78 is 6.84. The molecule has 0 spiro atoms. The van der Waals surface area contributed by atoms with Crippen LogP contribution >= 0.6 is 27.5 Å². The van der Waals surface area contributed by atoms with Crippen molar-refractivity contribution in [3.05, 3.63) is 33.3 Å². The second-order valence-electron chi connectivity index (χ2n) is 6.00.